The van der Waals surface area contributed by atoms with Gasteiger partial charge in [-0.15, -0.1) is 0 Å². The summed E-state index contributed by atoms with van der Waals surface area (Å²) in [5.41, 5.74) is 4.22. The molecule has 0 saturated carbocycles. The summed E-state index contributed by atoms with van der Waals surface area (Å²) in [5.74, 6) is 0. The van der Waals surface area contributed by atoms with Crippen molar-refractivity contribution in [3.05, 3.63) is 35.7 Å². The van der Waals surface area contributed by atoms with Gasteiger partial charge >= 0.3 is 0 Å². The zero-order valence-electron chi connectivity index (χ0n) is 8.38. The Morgan fingerprint density at radius 2 is 2.23 bits per heavy atom. The van der Waals surface area contributed by atoms with Gasteiger partial charge in [-0.2, -0.15) is 0 Å². The molecule has 2 rings (SSSR count). The van der Waals surface area contributed by atoms with Crippen molar-refractivity contribution in [3.8, 4) is 0 Å². The van der Waals surface area contributed by atoms with Gasteiger partial charge in [0.2, 0.25) is 0 Å². The summed E-state index contributed by atoms with van der Waals surface area (Å²) >= 11 is 0. The van der Waals surface area contributed by atoms with Gasteiger partial charge < -0.3 is 4.90 Å². The molecule has 0 atom stereocenters. The van der Waals surface area contributed by atoms with Crippen LogP contribution in [0, 0.1) is 6.42 Å². The van der Waals surface area contributed by atoms with Crippen molar-refractivity contribution in [3.63, 3.8) is 0 Å². The molecule has 0 aliphatic carbocycles. The van der Waals surface area contributed by atoms with Gasteiger partial charge in [-0.25, -0.2) is 0 Å². The zero-order chi connectivity index (χ0) is 9.26. The van der Waals surface area contributed by atoms with Gasteiger partial charge in [-0.1, -0.05) is 19.1 Å². The molecule has 0 fully saturated rings. The van der Waals surface area contributed by atoms with Crippen molar-refractivity contribution in [1.29, 1.82) is 0 Å². The van der Waals surface area contributed by atoms with E-state index in [1.807, 2.05) is 0 Å². The smallest absolute Gasteiger partial charge is 0.0399 e. The Bertz CT molecular complexity index is 304. The van der Waals surface area contributed by atoms with Gasteiger partial charge in [0, 0.05) is 19.3 Å². The third-order valence-electron chi connectivity index (χ3n) is 2.74. The molecule has 0 saturated heterocycles. The SMILES string of the molecule is CCc1ccc2c(c1)[CH]CCN2C. The Morgan fingerprint density at radius 3 is 3.00 bits per heavy atom. The third kappa shape index (κ3) is 1.55. The van der Waals surface area contributed by atoms with Crippen molar-refractivity contribution >= 4 is 5.69 Å². The quantitative estimate of drug-likeness (QED) is 0.632. The third-order valence-corrected chi connectivity index (χ3v) is 2.74. The van der Waals surface area contributed by atoms with Crippen LogP contribution in [0.5, 0.6) is 0 Å². The summed E-state index contributed by atoms with van der Waals surface area (Å²) in [7, 11) is 2.16. The molecule has 0 bridgehead atoms. The Labute approximate surface area is 80.4 Å². The second-order valence-electron chi connectivity index (χ2n) is 3.66. The maximum atomic E-state index is 2.34. The first-order chi connectivity index (χ1) is 6.31. The largest absolute Gasteiger partial charge is 0.374 e. The maximum absolute atomic E-state index is 2.34. The molecule has 1 aliphatic heterocycles. The van der Waals surface area contributed by atoms with Crippen LogP contribution in [0.15, 0.2) is 18.2 Å². The van der Waals surface area contributed by atoms with Gasteiger partial charge in [0.05, 0.1) is 0 Å². The van der Waals surface area contributed by atoms with E-state index in [1.54, 1.807) is 0 Å². The molecule has 1 nitrogen and oxygen atoms in total. The van der Waals surface area contributed by atoms with Crippen molar-refractivity contribution < 1.29 is 0 Å². The van der Waals surface area contributed by atoms with Crippen molar-refractivity contribution in [2.45, 2.75) is 19.8 Å². The molecule has 1 heteroatoms. The number of nitrogens with zero attached hydrogens (tertiary/aromatic N) is 1. The molecule has 0 N–H and O–H groups in total. The zero-order valence-corrected chi connectivity index (χ0v) is 8.38. The molecule has 0 amide bonds. The first-order valence-corrected chi connectivity index (χ1v) is 4.98. The Morgan fingerprint density at radius 1 is 1.38 bits per heavy atom. The van der Waals surface area contributed by atoms with Crippen LogP contribution in [-0.2, 0) is 6.42 Å². The van der Waals surface area contributed by atoms with Gasteiger partial charge in [0.15, 0.2) is 0 Å². The minimum atomic E-state index is 1.13. The molecule has 1 aromatic rings. The van der Waals surface area contributed by atoms with E-state index < -0.39 is 0 Å². The summed E-state index contributed by atoms with van der Waals surface area (Å²) < 4.78 is 0. The van der Waals surface area contributed by atoms with E-state index in [1.165, 1.54) is 23.2 Å². The predicted molar refractivity (Wildman–Crippen MR) is 57.1 cm³/mol. The van der Waals surface area contributed by atoms with Gasteiger partial charge in [0.25, 0.3) is 0 Å². The number of aryl methyl sites for hydroxylation is 1. The van der Waals surface area contributed by atoms with Crippen LogP contribution in [-0.4, -0.2) is 13.6 Å². The molecule has 1 heterocycles. The first-order valence-electron chi connectivity index (χ1n) is 4.98. The molecule has 69 valence electrons. The molecular weight excluding hydrogens is 158 g/mol. The fraction of sp³-hybridized carbons (Fsp3) is 0.417. The van der Waals surface area contributed by atoms with E-state index in [-0.39, 0.29) is 0 Å². The number of fused-ring (bicyclic) bond motifs is 1. The number of hydrogen-bond acceptors (Lipinski definition) is 1. The molecule has 1 radical (unpaired) electrons. The van der Waals surface area contributed by atoms with Crippen LogP contribution < -0.4 is 4.90 Å². The number of anilines is 1. The first kappa shape index (κ1) is 8.61. The Balaban J connectivity index is 2.39. The minimum Gasteiger partial charge on any atom is -0.374 e. The molecule has 0 spiro atoms. The highest BCUT2D eigenvalue weighted by Crippen LogP contribution is 2.27. The summed E-state index contributed by atoms with van der Waals surface area (Å²) in [6.07, 6.45) is 4.65. The summed E-state index contributed by atoms with van der Waals surface area (Å²) in [4.78, 5) is 2.33. The lowest BCUT2D eigenvalue weighted by Crippen LogP contribution is -2.23. The van der Waals surface area contributed by atoms with Gasteiger partial charge in [-0.3, -0.25) is 0 Å². The van der Waals surface area contributed by atoms with Gasteiger partial charge in [0.1, 0.15) is 0 Å². The lowest BCUT2D eigenvalue weighted by Gasteiger charge is -2.27. The standard InChI is InChI=1S/C12H16N/c1-3-10-6-7-12-11(9-10)5-4-8-13(12)2/h5-7,9H,3-4,8H2,1-2H3. The second kappa shape index (κ2) is 3.41. The van der Waals surface area contributed by atoms with E-state index in [0.29, 0.717) is 0 Å². The molecule has 0 aromatic heterocycles. The van der Waals surface area contributed by atoms with E-state index in [4.69, 9.17) is 0 Å². The van der Waals surface area contributed by atoms with Crippen LogP contribution in [0.4, 0.5) is 5.69 Å². The maximum Gasteiger partial charge on any atom is 0.0399 e. The number of rotatable bonds is 1. The molecule has 1 aliphatic rings. The topological polar surface area (TPSA) is 3.24 Å². The summed E-state index contributed by atoms with van der Waals surface area (Å²) in [6.45, 7) is 3.35. The van der Waals surface area contributed by atoms with E-state index >= 15 is 0 Å². The predicted octanol–water partition coefficient (Wildman–Crippen LogP) is 2.64. The molecule has 1 aromatic carbocycles. The van der Waals surface area contributed by atoms with Gasteiger partial charge in [-0.05, 0) is 36.5 Å². The van der Waals surface area contributed by atoms with E-state index in [2.05, 4.69) is 43.5 Å². The lowest BCUT2D eigenvalue weighted by atomic mass is 9.99. The van der Waals surface area contributed by atoms with Crippen molar-refractivity contribution in [1.82, 2.24) is 0 Å². The molecule has 13 heavy (non-hydrogen) atoms. The highest BCUT2D eigenvalue weighted by Gasteiger charge is 2.13. The number of benzene rings is 1. The summed E-state index contributed by atoms with van der Waals surface area (Å²) in [6, 6.07) is 6.78. The fourth-order valence-electron chi connectivity index (χ4n) is 1.87. The molecule has 0 unspecified atom stereocenters. The highest BCUT2D eigenvalue weighted by atomic mass is 15.1. The van der Waals surface area contributed by atoms with Crippen LogP contribution >= 0.6 is 0 Å². The average Bonchev–Trinajstić information content (AvgIpc) is 2.18. The number of hydrogen-bond donors (Lipinski definition) is 0. The van der Waals surface area contributed by atoms with Crippen LogP contribution in [0.3, 0.4) is 0 Å². The van der Waals surface area contributed by atoms with E-state index in [0.717, 1.165) is 13.0 Å². The van der Waals surface area contributed by atoms with Crippen LogP contribution in [0.2, 0.25) is 0 Å². The lowest BCUT2D eigenvalue weighted by molar-refractivity contribution is 0.835. The van der Waals surface area contributed by atoms with Crippen LogP contribution in [0.25, 0.3) is 0 Å². The minimum absolute atomic E-state index is 1.13. The monoisotopic (exact) mass is 174 g/mol. The fourth-order valence-corrected chi connectivity index (χ4v) is 1.87. The van der Waals surface area contributed by atoms with Crippen LogP contribution in [0.1, 0.15) is 24.5 Å². The van der Waals surface area contributed by atoms with Crippen molar-refractivity contribution in [2.24, 2.45) is 0 Å². The highest BCUT2D eigenvalue weighted by molar-refractivity contribution is 5.59. The molecular formula is C12H16N. The average molecular weight is 174 g/mol. The van der Waals surface area contributed by atoms with Crippen molar-refractivity contribution in [2.75, 3.05) is 18.5 Å². The summed E-state index contributed by atoms with van der Waals surface area (Å²) in [5, 5.41) is 0. The Hall–Kier alpha value is -0.980. The van der Waals surface area contributed by atoms with E-state index in [9.17, 15) is 0 Å². The Kier molecular flexibility index (Phi) is 2.26. The second-order valence-corrected chi connectivity index (χ2v) is 3.66. The normalized spacial score (nSPS) is 15.7.